The monoisotopic (exact) mass is 343 g/mol. The number of guanidine groups is 1. The zero-order valence-corrected chi connectivity index (χ0v) is 14.8. The van der Waals surface area contributed by atoms with Crippen LogP contribution in [0.1, 0.15) is 18.1 Å². The van der Waals surface area contributed by atoms with Crippen molar-refractivity contribution in [3.63, 3.8) is 0 Å². The van der Waals surface area contributed by atoms with Crippen LogP contribution in [0.2, 0.25) is 0 Å². The van der Waals surface area contributed by atoms with Gasteiger partial charge in [-0.3, -0.25) is 4.99 Å². The van der Waals surface area contributed by atoms with Crippen molar-refractivity contribution in [2.75, 3.05) is 20.1 Å². The highest BCUT2D eigenvalue weighted by molar-refractivity contribution is 5.79. The average Bonchev–Trinajstić information content (AvgIpc) is 2.61. The van der Waals surface area contributed by atoms with E-state index in [1.165, 1.54) is 12.1 Å². The Morgan fingerprint density at radius 2 is 1.80 bits per heavy atom. The third-order valence-electron chi connectivity index (χ3n) is 3.80. The first kappa shape index (κ1) is 18.9. The summed E-state index contributed by atoms with van der Waals surface area (Å²) in [7, 11) is 1.93. The van der Waals surface area contributed by atoms with Gasteiger partial charge in [0.15, 0.2) is 5.96 Å². The highest BCUT2D eigenvalue weighted by Crippen LogP contribution is 2.07. The second-order valence-corrected chi connectivity index (χ2v) is 6.02. The molecule has 0 aromatic heterocycles. The van der Waals surface area contributed by atoms with Gasteiger partial charge in [0.1, 0.15) is 5.82 Å². The smallest absolute Gasteiger partial charge is 0.194 e. The van der Waals surface area contributed by atoms with Crippen LogP contribution in [0, 0.1) is 5.82 Å². The van der Waals surface area contributed by atoms with Gasteiger partial charge in [0, 0.05) is 26.6 Å². The zero-order valence-electron chi connectivity index (χ0n) is 14.8. The fourth-order valence-corrected chi connectivity index (χ4v) is 2.55. The van der Waals surface area contributed by atoms with Crippen LogP contribution in [0.4, 0.5) is 4.39 Å². The molecule has 1 atom stereocenters. The maximum Gasteiger partial charge on any atom is 0.194 e. The molecule has 0 radical (unpaired) electrons. The van der Waals surface area contributed by atoms with Gasteiger partial charge in [-0.15, -0.1) is 0 Å². The van der Waals surface area contributed by atoms with Gasteiger partial charge in [-0.1, -0.05) is 42.5 Å². The minimum Gasteiger partial charge on any atom is -0.391 e. The molecule has 0 bridgehead atoms. The van der Waals surface area contributed by atoms with E-state index in [0.29, 0.717) is 19.5 Å². The lowest BCUT2D eigenvalue weighted by molar-refractivity contribution is 0.183. The molecule has 0 amide bonds. The van der Waals surface area contributed by atoms with Crippen LogP contribution in [0.3, 0.4) is 0 Å². The molecule has 0 spiro atoms. The molecule has 2 N–H and O–H groups in total. The summed E-state index contributed by atoms with van der Waals surface area (Å²) in [5.41, 5.74) is 2.09. The number of aliphatic imine (C=N–C) groups is 1. The van der Waals surface area contributed by atoms with Crippen LogP contribution in [0.5, 0.6) is 0 Å². The van der Waals surface area contributed by atoms with Crippen LogP contribution in [-0.2, 0) is 13.0 Å². The van der Waals surface area contributed by atoms with E-state index in [4.69, 9.17) is 0 Å². The minimum atomic E-state index is -0.532. The molecule has 0 fully saturated rings. The maximum absolute atomic E-state index is 13.0. The topological polar surface area (TPSA) is 47.9 Å². The normalized spacial score (nSPS) is 12.7. The Balaban J connectivity index is 1.95. The van der Waals surface area contributed by atoms with Crippen molar-refractivity contribution in [2.24, 2.45) is 4.99 Å². The number of benzene rings is 2. The van der Waals surface area contributed by atoms with Crippen molar-refractivity contribution in [1.82, 2.24) is 10.2 Å². The molecule has 1 unspecified atom stereocenters. The first-order chi connectivity index (χ1) is 12.1. The Morgan fingerprint density at radius 1 is 1.12 bits per heavy atom. The van der Waals surface area contributed by atoms with E-state index < -0.39 is 6.10 Å². The van der Waals surface area contributed by atoms with Crippen LogP contribution in [0.15, 0.2) is 59.6 Å². The summed E-state index contributed by atoms with van der Waals surface area (Å²) in [6.45, 7) is 3.68. The number of aliphatic hydroxyl groups excluding tert-OH is 1. The fourth-order valence-electron chi connectivity index (χ4n) is 2.55. The second kappa shape index (κ2) is 9.79. The van der Waals surface area contributed by atoms with Crippen LogP contribution < -0.4 is 5.32 Å². The summed E-state index contributed by atoms with van der Waals surface area (Å²) in [5.74, 6) is 0.481. The Morgan fingerprint density at radius 3 is 2.44 bits per heavy atom. The van der Waals surface area contributed by atoms with Crippen molar-refractivity contribution in [1.29, 1.82) is 0 Å². The first-order valence-electron chi connectivity index (χ1n) is 8.54. The molecule has 0 saturated heterocycles. The van der Waals surface area contributed by atoms with Gasteiger partial charge in [0.2, 0.25) is 0 Å². The molecule has 4 nitrogen and oxygen atoms in total. The lowest BCUT2D eigenvalue weighted by atomic mass is 10.1. The average molecular weight is 343 g/mol. The molecule has 0 aliphatic rings. The zero-order chi connectivity index (χ0) is 18.1. The van der Waals surface area contributed by atoms with Gasteiger partial charge < -0.3 is 15.3 Å². The summed E-state index contributed by atoms with van der Waals surface area (Å²) in [6, 6.07) is 16.3. The third-order valence-corrected chi connectivity index (χ3v) is 3.80. The largest absolute Gasteiger partial charge is 0.391 e. The summed E-state index contributed by atoms with van der Waals surface area (Å²) < 4.78 is 13.0. The quantitative estimate of drug-likeness (QED) is 0.600. The van der Waals surface area contributed by atoms with Gasteiger partial charge in [0.25, 0.3) is 0 Å². The summed E-state index contributed by atoms with van der Waals surface area (Å²) >= 11 is 0. The molecule has 0 aliphatic heterocycles. The standard InChI is InChI=1S/C20H26FN3O/c1-3-22-20(24(2)15-17-9-11-18(21)12-10-17)23-14-19(25)13-16-7-5-4-6-8-16/h4-12,19,25H,3,13-15H2,1-2H3,(H,22,23). The SMILES string of the molecule is CCNC(=NCC(O)Cc1ccccc1)N(C)Cc1ccc(F)cc1. The Kier molecular flexibility index (Phi) is 7.41. The molecule has 25 heavy (non-hydrogen) atoms. The van der Waals surface area contributed by atoms with Gasteiger partial charge in [0.05, 0.1) is 12.6 Å². The minimum absolute atomic E-state index is 0.240. The third kappa shape index (κ3) is 6.55. The van der Waals surface area contributed by atoms with E-state index in [0.717, 1.165) is 23.6 Å². The van der Waals surface area contributed by atoms with Crippen molar-refractivity contribution in [2.45, 2.75) is 26.0 Å². The highest BCUT2D eigenvalue weighted by Gasteiger charge is 2.09. The molecule has 0 saturated carbocycles. The fraction of sp³-hybridized carbons (Fsp3) is 0.350. The number of halogens is 1. The van der Waals surface area contributed by atoms with E-state index >= 15 is 0 Å². The highest BCUT2D eigenvalue weighted by atomic mass is 19.1. The first-order valence-corrected chi connectivity index (χ1v) is 8.54. The van der Waals surface area contributed by atoms with Gasteiger partial charge in [-0.05, 0) is 30.2 Å². The summed E-state index contributed by atoms with van der Waals surface area (Å²) in [5, 5.41) is 13.5. The molecular weight excluding hydrogens is 317 g/mol. The summed E-state index contributed by atoms with van der Waals surface area (Å²) in [6.07, 6.45) is 0.0427. The predicted octanol–water partition coefficient (Wildman–Crippen LogP) is 2.83. The Bertz CT molecular complexity index is 658. The van der Waals surface area contributed by atoms with Gasteiger partial charge >= 0.3 is 0 Å². The molecule has 134 valence electrons. The van der Waals surface area contributed by atoms with Crippen molar-refractivity contribution in [3.05, 3.63) is 71.5 Å². The van der Waals surface area contributed by atoms with E-state index in [2.05, 4.69) is 10.3 Å². The maximum atomic E-state index is 13.0. The lowest BCUT2D eigenvalue weighted by Gasteiger charge is -2.22. The molecule has 0 heterocycles. The number of nitrogens with zero attached hydrogens (tertiary/aromatic N) is 2. The van der Waals surface area contributed by atoms with E-state index in [-0.39, 0.29) is 5.82 Å². The summed E-state index contributed by atoms with van der Waals surface area (Å²) in [4.78, 5) is 6.49. The lowest BCUT2D eigenvalue weighted by Crippen LogP contribution is -2.39. The van der Waals surface area contributed by atoms with Gasteiger partial charge in [-0.25, -0.2) is 4.39 Å². The van der Waals surface area contributed by atoms with Crippen LogP contribution >= 0.6 is 0 Å². The van der Waals surface area contributed by atoms with Gasteiger partial charge in [-0.2, -0.15) is 0 Å². The molecule has 2 aromatic carbocycles. The Labute approximate surface area is 149 Å². The molecular formula is C20H26FN3O. The van der Waals surface area contributed by atoms with Crippen molar-refractivity contribution < 1.29 is 9.50 Å². The van der Waals surface area contributed by atoms with Crippen LogP contribution in [-0.4, -0.2) is 42.2 Å². The number of rotatable bonds is 7. The van der Waals surface area contributed by atoms with Crippen molar-refractivity contribution >= 4 is 5.96 Å². The predicted molar refractivity (Wildman–Crippen MR) is 100.0 cm³/mol. The number of aliphatic hydroxyl groups is 1. The molecule has 0 aliphatic carbocycles. The van der Waals surface area contributed by atoms with E-state index in [1.54, 1.807) is 12.1 Å². The van der Waals surface area contributed by atoms with Crippen molar-refractivity contribution in [3.8, 4) is 0 Å². The van der Waals surface area contributed by atoms with E-state index in [1.807, 2.05) is 49.2 Å². The number of hydrogen-bond donors (Lipinski definition) is 2. The second-order valence-electron chi connectivity index (χ2n) is 6.02. The number of hydrogen-bond acceptors (Lipinski definition) is 2. The molecule has 5 heteroatoms. The van der Waals surface area contributed by atoms with E-state index in [9.17, 15) is 9.50 Å². The Hall–Kier alpha value is -2.40. The molecule has 2 rings (SSSR count). The number of nitrogens with one attached hydrogen (secondary N) is 1. The molecule has 2 aromatic rings. The van der Waals surface area contributed by atoms with Crippen LogP contribution in [0.25, 0.3) is 0 Å².